The van der Waals surface area contributed by atoms with Crippen molar-refractivity contribution in [3.8, 4) is 11.5 Å². The Morgan fingerprint density at radius 2 is 1.90 bits per heavy atom. The summed E-state index contributed by atoms with van der Waals surface area (Å²) >= 11 is 0. The minimum Gasteiger partial charge on any atom is -0.454 e. The number of aliphatic hydroxyl groups is 1. The smallest absolute Gasteiger partial charge is 0.231 e. The van der Waals surface area contributed by atoms with Crippen LogP contribution in [0.1, 0.15) is 22.8 Å². The van der Waals surface area contributed by atoms with Gasteiger partial charge in [0.25, 0.3) is 0 Å². The van der Waals surface area contributed by atoms with E-state index >= 15 is 0 Å². The molecule has 0 saturated heterocycles. The van der Waals surface area contributed by atoms with Crippen LogP contribution in [0.2, 0.25) is 0 Å². The Morgan fingerprint density at radius 1 is 1.10 bits per heavy atom. The molecular weight excluding hydrogens is 266 g/mol. The monoisotopic (exact) mass is 285 g/mol. The molecule has 2 aromatic rings. The van der Waals surface area contributed by atoms with Crippen LogP contribution >= 0.6 is 0 Å². The number of nitrogens with one attached hydrogen (secondary N) is 1. The number of hydrogen-bond acceptors (Lipinski definition) is 4. The van der Waals surface area contributed by atoms with Gasteiger partial charge in [0, 0.05) is 12.2 Å². The fraction of sp³-hybridized carbons (Fsp3) is 0.294. The molecule has 2 N–H and O–H groups in total. The van der Waals surface area contributed by atoms with Crippen LogP contribution in [0, 0.1) is 13.8 Å². The quantitative estimate of drug-likeness (QED) is 0.906. The van der Waals surface area contributed by atoms with Gasteiger partial charge in [-0.2, -0.15) is 0 Å². The molecule has 2 aromatic carbocycles. The first-order valence-corrected chi connectivity index (χ1v) is 7.02. The van der Waals surface area contributed by atoms with E-state index in [0.717, 1.165) is 17.0 Å². The van der Waals surface area contributed by atoms with Crippen molar-refractivity contribution in [2.75, 3.05) is 18.7 Å². The molecule has 21 heavy (non-hydrogen) atoms. The number of rotatable bonds is 4. The molecule has 0 aromatic heterocycles. The third-order valence-corrected chi connectivity index (χ3v) is 3.65. The maximum Gasteiger partial charge on any atom is 0.231 e. The first-order valence-electron chi connectivity index (χ1n) is 7.02. The van der Waals surface area contributed by atoms with Crippen molar-refractivity contribution >= 4 is 5.69 Å². The Balaban J connectivity index is 1.67. The lowest BCUT2D eigenvalue weighted by molar-refractivity contribution is 0.173. The number of ether oxygens (including phenoxy) is 2. The molecule has 0 spiro atoms. The topological polar surface area (TPSA) is 50.7 Å². The van der Waals surface area contributed by atoms with Crippen molar-refractivity contribution in [2.24, 2.45) is 0 Å². The van der Waals surface area contributed by atoms with Crippen LogP contribution in [0.3, 0.4) is 0 Å². The molecule has 1 aliphatic heterocycles. The average molecular weight is 285 g/mol. The van der Waals surface area contributed by atoms with Crippen LogP contribution in [0.25, 0.3) is 0 Å². The van der Waals surface area contributed by atoms with E-state index in [1.165, 1.54) is 11.1 Å². The standard InChI is InChI=1S/C17H19NO3/c1-11-3-5-14(12(2)7-11)18-9-15(19)13-4-6-16-17(8-13)21-10-20-16/h3-8,15,18-19H,9-10H2,1-2H3. The zero-order valence-electron chi connectivity index (χ0n) is 12.2. The van der Waals surface area contributed by atoms with E-state index in [4.69, 9.17) is 9.47 Å². The molecule has 0 radical (unpaired) electrons. The molecule has 0 saturated carbocycles. The van der Waals surface area contributed by atoms with Crippen LogP contribution in [-0.2, 0) is 0 Å². The summed E-state index contributed by atoms with van der Waals surface area (Å²) in [5.74, 6) is 1.42. The van der Waals surface area contributed by atoms with Gasteiger partial charge in [-0.05, 0) is 43.2 Å². The van der Waals surface area contributed by atoms with E-state index in [1.54, 1.807) is 0 Å². The van der Waals surface area contributed by atoms with Crippen molar-refractivity contribution in [1.82, 2.24) is 0 Å². The maximum absolute atomic E-state index is 10.3. The Bertz CT molecular complexity index is 654. The number of aliphatic hydroxyl groups excluding tert-OH is 1. The summed E-state index contributed by atoms with van der Waals surface area (Å²) in [6, 6.07) is 11.7. The molecule has 1 heterocycles. The van der Waals surface area contributed by atoms with E-state index in [9.17, 15) is 5.11 Å². The minimum atomic E-state index is -0.597. The number of hydrogen-bond donors (Lipinski definition) is 2. The highest BCUT2D eigenvalue weighted by Gasteiger charge is 2.16. The molecule has 110 valence electrons. The van der Waals surface area contributed by atoms with Crippen LogP contribution in [0.5, 0.6) is 11.5 Å². The van der Waals surface area contributed by atoms with E-state index in [-0.39, 0.29) is 6.79 Å². The number of benzene rings is 2. The van der Waals surface area contributed by atoms with Crippen LogP contribution in [-0.4, -0.2) is 18.4 Å². The average Bonchev–Trinajstić information content (AvgIpc) is 2.93. The summed E-state index contributed by atoms with van der Waals surface area (Å²) in [6.45, 7) is 4.82. The first kappa shape index (κ1) is 13.8. The second-order valence-electron chi connectivity index (χ2n) is 5.33. The lowest BCUT2D eigenvalue weighted by Gasteiger charge is -2.15. The zero-order chi connectivity index (χ0) is 14.8. The van der Waals surface area contributed by atoms with Crippen LogP contribution < -0.4 is 14.8 Å². The molecule has 0 bridgehead atoms. The molecule has 0 aliphatic carbocycles. The van der Waals surface area contributed by atoms with E-state index in [0.29, 0.717) is 12.3 Å². The van der Waals surface area contributed by atoms with Crippen molar-refractivity contribution in [1.29, 1.82) is 0 Å². The Hall–Kier alpha value is -2.20. The highest BCUT2D eigenvalue weighted by Crippen LogP contribution is 2.34. The molecule has 0 fully saturated rings. The number of aryl methyl sites for hydroxylation is 2. The highest BCUT2D eigenvalue weighted by molar-refractivity contribution is 5.52. The predicted molar refractivity (Wildman–Crippen MR) is 81.9 cm³/mol. The fourth-order valence-corrected chi connectivity index (χ4v) is 2.46. The third-order valence-electron chi connectivity index (χ3n) is 3.65. The summed E-state index contributed by atoms with van der Waals surface area (Å²) in [5, 5.41) is 13.6. The van der Waals surface area contributed by atoms with Gasteiger partial charge >= 0.3 is 0 Å². The third kappa shape index (κ3) is 2.95. The van der Waals surface area contributed by atoms with E-state index in [1.807, 2.05) is 24.3 Å². The maximum atomic E-state index is 10.3. The van der Waals surface area contributed by atoms with Gasteiger partial charge in [-0.25, -0.2) is 0 Å². The number of anilines is 1. The molecule has 1 atom stereocenters. The molecule has 1 aliphatic rings. The molecule has 1 unspecified atom stereocenters. The summed E-state index contributed by atoms with van der Waals surface area (Å²) in [6.07, 6.45) is -0.597. The minimum absolute atomic E-state index is 0.246. The van der Waals surface area contributed by atoms with Crippen molar-refractivity contribution in [3.05, 3.63) is 53.1 Å². The molecule has 3 rings (SSSR count). The van der Waals surface area contributed by atoms with Gasteiger partial charge in [0.05, 0.1) is 6.10 Å². The van der Waals surface area contributed by atoms with Gasteiger partial charge in [0.1, 0.15) is 0 Å². The second kappa shape index (κ2) is 5.66. The van der Waals surface area contributed by atoms with E-state index < -0.39 is 6.10 Å². The van der Waals surface area contributed by atoms with Crippen LogP contribution in [0.4, 0.5) is 5.69 Å². The molecular formula is C17H19NO3. The van der Waals surface area contributed by atoms with Crippen molar-refractivity contribution in [2.45, 2.75) is 20.0 Å². The summed E-state index contributed by atoms with van der Waals surface area (Å²) in [5.41, 5.74) is 4.26. The predicted octanol–water partition coefficient (Wildman–Crippen LogP) is 3.18. The van der Waals surface area contributed by atoms with Crippen LogP contribution in [0.15, 0.2) is 36.4 Å². The summed E-state index contributed by atoms with van der Waals surface area (Å²) in [4.78, 5) is 0. The largest absolute Gasteiger partial charge is 0.454 e. The molecule has 4 nitrogen and oxygen atoms in total. The second-order valence-corrected chi connectivity index (χ2v) is 5.33. The fourth-order valence-electron chi connectivity index (χ4n) is 2.46. The van der Waals surface area contributed by atoms with Crippen molar-refractivity contribution in [3.63, 3.8) is 0 Å². The summed E-state index contributed by atoms with van der Waals surface area (Å²) in [7, 11) is 0. The Kier molecular flexibility index (Phi) is 3.71. The SMILES string of the molecule is Cc1ccc(NCC(O)c2ccc3c(c2)OCO3)c(C)c1. The van der Waals surface area contributed by atoms with E-state index in [2.05, 4.69) is 31.3 Å². The van der Waals surface area contributed by atoms with Gasteiger partial charge in [0.2, 0.25) is 6.79 Å². The van der Waals surface area contributed by atoms with Gasteiger partial charge < -0.3 is 19.9 Å². The lowest BCUT2D eigenvalue weighted by Crippen LogP contribution is -2.12. The van der Waals surface area contributed by atoms with Gasteiger partial charge in [-0.15, -0.1) is 0 Å². The zero-order valence-corrected chi connectivity index (χ0v) is 12.2. The summed E-state index contributed by atoms with van der Waals surface area (Å²) < 4.78 is 10.6. The van der Waals surface area contributed by atoms with Gasteiger partial charge in [-0.1, -0.05) is 23.8 Å². The highest BCUT2D eigenvalue weighted by atomic mass is 16.7. The van der Waals surface area contributed by atoms with Gasteiger partial charge in [0.15, 0.2) is 11.5 Å². The normalized spacial score (nSPS) is 14.0. The lowest BCUT2D eigenvalue weighted by atomic mass is 10.1. The Labute approximate surface area is 124 Å². The molecule has 0 amide bonds. The van der Waals surface area contributed by atoms with Gasteiger partial charge in [-0.3, -0.25) is 0 Å². The first-order chi connectivity index (χ1) is 10.1. The number of fused-ring (bicyclic) bond motifs is 1. The van der Waals surface area contributed by atoms with Crippen molar-refractivity contribution < 1.29 is 14.6 Å². The Morgan fingerprint density at radius 3 is 2.71 bits per heavy atom. The molecule has 4 heteroatoms.